The summed E-state index contributed by atoms with van der Waals surface area (Å²) in [5.74, 6) is 2.36. The monoisotopic (exact) mass is 432 g/mol. The summed E-state index contributed by atoms with van der Waals surface area (Å²) in [6, 6.07) is 0. The zero-order valence-electron chi connectivity index (χ0n) is 14.4. The van der Waals surface area contributed by atoms with Crippen LogP contribution in [0, 0.1) is 13.8 Å². The van der Waals surface area contributed by atoms with Crippen molar-refractivity contribution in [3.8, 4) is 0 Å². The number of rotatable bonds is 6. The molecule has 0 atom stereocenters. The molecule has 5 nitrogen and oxygen atoms in total. The first-order valence-electron chi connectivity index (χ1n) is 8.32. The lowest BCUT2D eigenvalue weighted by molar-refractivity contribution is 0.473. The van der Waals surface area contributed by atoms with Gasteiger partial charge in [0.15, 0.2) is 5.96 Å². The van der Waals surface area contributed by atoms with Crippen molar-refractivity contribution in [1.82, 2.24) is 15.6 Å². The third-order valence-electron chi connectivity index (χ3n) is 3.91. The minimum atomic E-state index is 0. The lowest BCUT2D eigenvalue weighted by Crippen LogP contribution is -2.37. The van der Waals surface area contributed by atoms with E-state index in [9.17, 15) is 0 Å². The van der Waals surface area contributed by atoms with Gasteiger partial charge >= 0.3 is 0 Å². The number of nitrogens with one attached hydrogen (secondary N) is 2. The van der Waals surface area contributed by atoms with Crippen LogP contribution in [-0.4, -0.2) is 24.0 Å². The maximum absolute atomic E-state index is 5.56. The van der Waals surface area contributed by atoms with E-state index in [1.165, 1.54) is 25.7 Å². The fourth-order valence-electron chi connectivity index (χ4n) is 2.57. The molecule has 1 aromatic heterocycles. The molecule has 0 aliphatic heterocycles. The van der Waals surface area contributed by atoms with Crippen LogP contribution < -0.4 is 10.6 Å². The molecule has 6 heteroatoms. The Labute approximate surface area is 156 Å². The van der Waals surface area contributed by atoms with E-state index in [0.717, 1.165) is 36.9 Å². The first-order chi connectivity index (χ1) is 10.7. The summed E-state index contributed by atoms with van der Waals surface area (Å²) >= 11 is 0. The summed E-state index contributed by atoms with van der Waals surface area (Å²) in [4.78, 5) is 8.90. The van der Waals surface area contributed by atoms with Gasteiger partial charge in [-0.3, -0.25) is 0 Å². The zero-order chi connectivity index (χ0) is 15.8. The van der Waals surface area contributed by atoms with E-state index in [2.05, 4.69) is 33.6 Å². The van der Waals surface area contributed by atoms with E-state index in [4.69, 9.17) is 4.42 Å². The normalized spacial score (nSPS) is 14.9. The smallest absolute Gasteiger partial charge is 0.216 e. The molecule has 23 heavy (non-hydrogen) atoms. The van der Waals surface area contributed by atoms with Gasteiger partial charge in [0, 0.05) is 13.1 Å². The zero-order valence-corrected chi connectivity index (χ0v) is 16.8. The molecule has 0 unspecified atom stereocenters. The van der Waals surface area contributed by atoms with Crippen LogP contribution in [0.1, 0.15) is 56.4 Å². The van der Waals surface area contributed by atoms with Gasteiger partial charge in [-0.1, -0.05) is 11.6 Å². The van der Waals surface area contributed by atoms with Crippen LogP contribution in [0.25, 0.3) is 0 Å². The fourth-order valence-corrected chi connectivity index (χ4v) is 2.57. The fraction of sp³-hybridized carbons (Fsp3) is 0.647. The largest absolute Gasteiger partial charge is 0.444 e. The Bertz CT molecular complexity index is 517. The first-order valence-corrected chi connectivity index (χ1v) is 8.32. The number of hydrogen-bond acceptors (Lipinski definition) is 3. The van der Waals surface area contributed by atoms with Crippen molar-refractivity contribution >= 4 is 29.9 Å². The number of oxazole rings is 1. The third kappa shape index (κ3) is 6.93. The number of aryl methyl sites for hydroxylation is 2. The number of aromatic nitrogens is 1. The molecule has 0 amide bonds. The summed E-state index contributed by atoms with van der Waals surface area (Å²) in [6.45, 7) is 8.18. The van der Waals surface area contributed by atoms with Crippen molar-refractivity contribution in [1.29, 1.82) is 0 Å². The maximum atomic E-state index is 5.56. The summed E-state index contributed by atoms with van der Waals surface area (Å²) in [5.41, 5.74) is 2.51. The predicted molar refractivity (Wildman–Crippen MR) is 105 cm³/mol. The van der Waals surface area contributed by atoms with Crippen molar-refractivity contribution in [2.75, 3.05) is 13.1 Å². The van der Waals surface area contributed by atoms with Crippen molar-refractivity contribution in [2.24, 2.45) is 4.99 Å². The highest BCUT2D eigenvalue weighted by atomic mass is 127. The molecule has 1 heterocycles. The Morgan fingerprint density at radius 3 is 2.74 bits per heavy atom. The molecule has 0 fully saturated rings. The Balaban J connectivity index is 0.00000264. The molecule has 2 N–H and O–H groups in total. The number of guanidine groups is 1. The van der Waals surface area contributed by atoms with Crippen molar-refractivity contribution in [2.45, 2.75) is 59.4 Å². The number of halogens is 1. The Morgan fingerprint density at radius 2 is 2.13 bits per heavy atom. The second kappa shape index (κ2) is 10.7. The molecule has 1 aromatic rings. The van der Waals surface area contributed by atoms with Crippen LogP contribution in [-0.2, 0) is 6.54 Å². The molecule has 2 rings (SSSR count). The van der Waals surface area contributed by atoms with Crippen LogP contribution >= 0.6 is 24.0 Å². The molecule has 0 radical (unpaired) electrons. The standard InChI is InChI=1S/C17H28N4O.HI/c1-4-18-17(19-11-10-15-8-6-5-7-9-15)20-12-16-21-13(2)14(3)22-16;/h8H,4-7,9-12H2,1-3H3,(H2,18,19,20);1H. The topological polar surface area (TPSA) is 62.5 Å². The second-order valence-corrected chi connectivity index (χ2v) is 5.73. The van der Waals surface area contributed by atoms with Crippen molar-refractivity contribution in [3.05, 3.63) is 29.0 Å². The molecule has 1 aliphatic carbocycles. The van der Waals surface area contributed by atoms with Gasteiger partial charge in [0.1, 0.15) is 12.3 Å². The van der Waals surface area contributed by atoms with Crippen LogP contribution in [0.4, 0.5) is 0 Å². The van der Waals surface area contributed by atoms with Crippen LogP contribution in [0.15, 0.2) is 21.1 Å². The first kappa shape index (κ1) is 20.0. The maximum Gasteiger partial charge on any atom is 0.216 e. The molecule has 0 bridgehead atoms. The predicted octanol–water partition coefficient (Wildman–Crippen LogP) is 3.86. The molecule has 0 saturated heterocycles. The third-order valence-corrected chi connectivity index (χ3v) is 3.91. The van der Waals surface area contributed by atoms with Crippen LogP contribution in [0.5, 0.6) is 0 Å². The van der Waals surface area contributed by atoms with Crippen LogP contribution in [0.3, 0.4) is 0 Å². The molecule has 0 spiro atoms. The summed E-state index contributed by atoms with van der Waals surface area (Å²) < 4.78 is 5.56. The molecule has 130 valence electrons. The van der Waals surface area contributed by atoms with Gasteiger partial charge in [-0.15, -0.1) is 24.0 Å². The van der Waals surface area contributed by atoms with Gasteiger partial charge in [0.05, 0.1) is 5.69 Å². The minimum absolute atomic E-state index is 0. The Morgan fingerprint density at radius 1 is 1.30 bits per heavy atom. The van der Waals surface area contributed by atoms with E-state index in [0.29, 0.717) is 12.4 Å². The average molecular weight is 432 g/mol. The second-order valence-electron chi connectivity index (χ2n) is 5.73. The van der Waals surface area contributed by atoms with Gasteiger partial charge in [-0.25, -0.2) is 9.98 Å². The molecular formula is C17H29IN4O. The van der Waals surface area contributed by atoms with Gasteiger partial charge in [0.2, 0.25) is 5.89 Å². The molecule has 1 aliphatic rings. The molecular weight excluding hydrogens is 403 g/mol. The van der Waals surface area contributed by atoms with E-state index in [-0.39, 0.29) is 24.0 Å². The Kier molecular flexibility index (Phi) is 9.28. The Hall–Kier alpha value is -1.05. The van der Waals surface area contributed by atoms with Gasteiger partial charge < -0.3 is 15.1 Å². The van der Waals surface area contributed by atoms with Gasteiger partial charge in [-0.2, -0.15) is 0 Å². The highest BCUT2D eigenvalue weighted by molar-refractivity contribution is 14.0. The van der Waals surface area contributed by atoms with E-state index in [1.807, 2.05) is 13.8 Å². The van der Waals surface area contributed by atoms with E-state index >= 15 is 0 Å². The van der Waals surface area contributed by atoms with Crippen molar-refractivity contribution < 1.29 is 4.42 Å². The molecule has 0 saturated carbocycles. The lowest BCUT2D eigenvalue weighted by Gasteiger charge is -2.14. The van der Waals surface area contributed by atoms with Crippen molar-refractivity contribution in [3.63, 3.8) is 0 Å². The lowest BCUT2D eigenvalue weighted by atomic mass is 9.97. The summed E-state index contributed by atoms with van der Waals surface area (Å²) in [5, 5.41) is 6.65. The molecule has 0 aromatic carbocycles. The minimum Gasteiger partial charge on any atom is -0.444 e. The number of allylic oxidation sites excluding steroid dienone is 1. The average Bonchev–Trinajstić information content (AvgIpc) is 2.84. The highest BCUT2D eigenvalue weighted by Crippen LogP contribution is 2.19. The van der Waals surface area contributed by atoms with Gasteiger partial charge in [0.25, 0.3) is 0 Å². The number of aliphatic imine (C=N–C) groups is 1. The SMILES string of the molecule is CCNC(=NCc1nc(C)c(C)o1)NCCC1=CCCCC1.I. The quantitative estimate of drug-likeness (QED) is 0.310. The summed E-state index contributed by atoms with van der Waals surface area (Å²) in [6.07, 6.45) is 8.67. The highest BCUT2D eigenvalue weighted by Gasteiger charge is 2.06. The van der Waals surface area contributed by atoms with E-state index in [1.54, 1.807) is 5.57 Å². The van der Waals surface area contributed by atoms with E-state index < -0.39 is 0 Å². The van der Waals surface area contributed by atoms with Crippen LogP contribution in [0.2, 0.25) is 0 Å². The summed E-state index contributed by atoms with van der Waals surface area (Å²) in [7, 11) is 0. The van der Waals surface area contributed by atoms with Gasteiger partial charge in [-0.05, 0) is 52.9 Å². The number of nitrogens with zero attached hydrogens (tertiary/aromatic N) is 2. The number of hydrogen-bond donors (Lipinski definition) is 2.